The molecular formula is C14H13BrN2O2S. The van der Waals surface area contributed by atoms with Gasteiger partial charge in [0.05, 0.1) is 12.0 Å². The van der Waals surface area contributed by atoms with E-state index >= 15 is 0 Å². The second-order valence-electron chi connectivity index (χ2n) is 4.32. The Morgan fingerprint density at radius 1 is 1.30 bits per heavy atom. The summed E-state index contributed by atoms with van der Waals surface area (Å²) in [6.45, 7) is 1.86. The van der Waals surface area contributed by atoms with Gasteiger partial charge in [0, 0.05) is 9.35 Å². The van der Waals surface area contributed by atoms with E-state index < -0.39 is 5.91 Å². The summed E-state index contributed by atoms with van der Waals surface area (Å²) in [6.07, 6.45) is 0.252. The van der Waals surface area contributed by atoms with Crippen molar-refractivity contribution in [2.24, 2.45) is 5.73 Å². The summed E-state index contributed by atoms with van der Waals surface area (Å²) < 4.78 is 0.964. The quantitative estimate of drug-likeness (QED) is 0.887. The molecule has 104 valence electrons. The van der Waals surface area contributed by atoms with E-state index in [2.05, 4.69) is 21.2 Å². The highest BCUT2D eigenvalue weighted by molar-refractivity contribution is 9.10. The molecule has 0 fully saturated rings. The average molecular weight is 353 g/mol. The SMILES string of the molecule is Cc1cc(C(N)=O)c(NC(=O)Cc2ccc(Br)cc2)s1. The van der Waals surface area contributed by atoms with E-state index in [9.17, 15) is 9.59 Å². The topological polar surface area (TPSA) is 72.2 Å². The number of benzene rings is 1. The van der Waals surface area contributed by atoms with E-state index in [-0.39, 0.29) is 12.3 Å². The van der Waals surface area contributed by atoms with E-state index in [1.54, 1.807) is 6.07 Å². The van der Waals surface area contributed by atoms with Crippen molar-refractivity contribution in [2.75, 3.05) is 5.32 Å². The van der Waals surface area contributed by atoms with Gasteiger partial charge in [-0.3, -0.25) is 9.59 Å². The summed E-state index contributed by atoms with van der Waals surface area (Å²) in [5.74, 6) is -0.704. The van der Waals surface area contributed by atoms with Gasteiger partial charge in [0.15, 0.2) is 0 Å². The van der Waals surface area contributed by atoms with Gasteiger partial charge in [-0.2, -0.15) is 0 Å². The third-order valence-electron chi connectivity index (χ3n) is 2.65. The zero-order valence-electron chi connectivity index (χ0n) is 10.8. The molecule has 4 nitrogen and oxygen atoms in total. The molecule has 0 aliphatic heterocycles. The third-order valence-corrected chi connectivity index (χ3v) is 4.15. The highest BCUT2D eigenvalue weighted by atomic mass is 79.9. The van der Waals surface area contributed by atoms with Gasteiger partial charge in [-0.1, -0.05) is 28.1 Å². The smallest absolute Gasteiger partial charge is 0.251 e. The van der Waals surface area contributed by atoms with Gasteiger partial charge < -0.3 is 11.1 Å². The van der Waals surface area contributed by atoms with Crippen LogP contribution in [0.15, 0.2) is 34.8 Å². The van der Waals surface area contributed by atoms with Crippen LogP contribution >= 0.6 is 27.3 Å². The molecule has 0 spiro atoms. The molecule has 1 aromatic heterocycles. The lowest BCUT2D eigenvalue weighted by Gasteiger charge is -2.05. The molecule has 0 radical (unpaired) electrons. The summed E-state index contributed by atoms with van der Waals surface area (Å²) >= 11 is 4.69. The second kappa shape index (κ2) is 6.19. The van der Waals surface area contributed by atoms with Crippen molar-refractivity contribution in [1.29, 1.82) is 0 Å². The molecule has 2 amide bonds. The summed E-state index contributed by atoms with van der Waals surface area (Å²) in [6, 6.07) is 9.19. The number of nitrogens with one attached hydrogen (secondary N) is 1. The van der Waals surface area contributed by atoms with Crippen LogP contribution in [0.1, 0.15) is 20.8 Å². The standard InChI is InChI=1S/C14H13BrN2O2S/c1-8-6-11(13(16)19)14(20-8)17-12(18)7-9-2-4-10(15)5-3-9/h2-6H,7H2,1H3,(H2,16,19)(H,17,18). The van der Waals surface area contributed by atoms with E-state index in [1.807, 2.05) is 31.2 Å². The molecule has 0 aliphatic rings. The van der Waals surface area contributed by atoms with Crippen molar-refractivity contribution in [1.82, 2.24) is 0 Å². The Morgan fingerprint density at radius 2 is 1.95 bits per heavy atom. The van der Waals surface area contributed by atoms with Gasteiger partial charge in [-0.25, -0.2) is 0 Å². The summed E-state index contributed by atoms with van der Waals surface area (Å²) in [5.41, 5.74) is 6.54. The number of primary amides is 1. The summed E-state index contributed by atoms with van der Waals surface area (Å²) in [7, 11) is 0. The maximum absolute atomic E-state index is 12.0. The second-order valence-corrected chi connectivity index (χ2v) is 6.49. The van der Waals surface area contributed by atoms with Crippen LogP contribution in [0.25, 0.3) is 0 Å². The van der Waals surface area contributed by atoms with Crippen LogP contribution in [0.2, 0.25) is 0 Å². The molecule has 0 atom stereocenters. The Labute approximate surface area is 129 Å². The number of amides is 2. The lowest BCUT2D eigenvalue weighted by Crippen LogP contribution is -2.17. The minimum absolute atomic E-state index is 0.170. The number of nitrogens with two attached hydrogens (primary N) is 1. The van der Waals surface area contributed by atoms with Crippen molar-refractivity contribution < 1.29 is 9.59 Å². The first-order valence-electron chi connectivity index (χ1n) is 5.90. The Morgan fingerprint density at radius 3 is 2.55 bits per heavy atom. The molecule has 2 aromatic rings. The monoisotopic (exact) mass is 352 g/mol. The fourth-order valence-electron chi connectivity index (χ4n) is 1.75. The third kappa shape index (κ3) is 3.68. The van der Waals surface area contributed by atoms with Gasteiger partial charge in [-0.05, 0) is 30.7 Å². The van der Waals surface area contributed by atoms with Crippen LogP contribution in [0.3, 0.4) is 0 Å². The Balaban J connectivity index is 2.08. The van der Waals surface area contributed by atoms with Crippen molar-refractivity contribution in [3.63, 3.8) is 0 Å². The number of thiophene rings is 1. The number of hydrogen-bond acceptors (Lipinski definition) is 3. The molecule has 0 unspecified atom stereocenters. The van der Waals surface area contributed by atoms with Crippen LogP contribution < -0.4 is 11.1 Å². The Kier molecular flexibility index (Phi) is 4.57. The van der Waals surface area contributed by atoms with Gasteiger partial charge in [0.25, 0.3) is 5.91 Å². The van der Waals surface area contributed by atoms with Gasteiger partial charge in [-0.15, -0.1) is 11.3 Å². The first kappa shape index (κ1) is 14.7. The molecule has 0 saturated carbocycles. The van der Waals surface area contributed by atoms with E-state index in [0.717, 1.165) is 14.9 Å². The number of carbonyl (C=O) groups is 2. The van der Waals surface area contributed by atoms with E-state index in [4.69, 9.17) is 5.73 Å². The van der Waals surface area contributed by atoms with Gasteiger partial charge >= 0.3 is 0 Å². The lowest BCUT2D eigenvalue weighted by atomic mass is 10.1. The first-order chi connectivity index (χ1) is 9.45. The van der Waals surface area contributed by atoms with Crippen molar-refractivity contribution in [2.45, 2.75) is 13.3 Å². The molecule has 2 rings (SSSR count). The lowest BCUT2D eigenvalue weighted by molar-refractivity contribution is -0.115. The number of aryl methyl sites for hydroxylation is 1. The van der Waals surface area contributed by atoms with Crippen molar-refractivity contribution in [3.05, 3.63) is 50.8 Å². The van der Waals surface area contributed by atoms with Gasteiger partial charge in [0.1, 0.15) is 5.00 Å². The van der Waals surface area contributed by atoms with Crippen LogP contribution in [-0.4, -0.2) is 11.8 Å². The minimum Gasteiger partial charge on any atom is -0.366 e. The normalized spacial score (nSPS) is 10.3. The maximum Gasteiger partial charge on any atom is 0.251 e. The zero-order valence-corrected chi connectivity index (χ0v) is 13.2. The zero-order chi connectivity index (χ0) is 14.7. The molecule has 1 aromatic carbocycles. The van der Waals surface area contributed by atoms with Crippen LogP contribution in [0.4, 0.5) is 5.00 Å². The molecular weight excluding hydrogens is 340 g/mol. The molecule has 6 heteroatoms. The summed E-state index contributed by atoms with van der Waals surface area (Å²) in [5, 5.41) is 3.25. The number of halogens is 1. The fraction of sp³-hybridized carbons (Fsp3) is 0.143. The number of anilines is 1. The first-order valence-corrected chi connectivity index (χ1v) is 7.51. The highest BCUT2D eigenvalue weighted by Crippen LogP contribution is 2.27. The van der Waals surface area contributed by atoms with E-state index in [1.165, 1.54) is 11.3 Å². The average Bonchev–Trinajstić information content (AvgIpc) is 2.73. The van der Waals surface area contributed by atoms with Crippen molar-refractivity contribution >= 4 is 44.1 Å². The van der Waals surface area contributed by atoms with Crippen molar-refractivity contribution in [3.8, 4) is 0 Å². The predicted octanol–water partition coefficient (Wildman–Crippen LogP) is 3.10. The highest BCUT2D eigenvalue weighted by Gasteiger charge is 2.14. The maximum atomic E-state index is 12.0. The molecule has 1 heterocycles. The van der Waals surface area contributed by atoms with Gasteiger partial charge in [0.2, 0.25) is 5.91 Å². The Hall–Kier alpha value is -1.66. The molecule has 0 saturated heterocycles. The number of hydrogen-bond donors (Lipinski definition) is 2. The molecule has 3 N–H and O–H groups in total. The van der Waals surface area contributed by atoms with Crippen LogP contribution in [-0.2, 0) is 11.2 Å². The van der Waals surface area contributed by atoms with E-state index in [0.29, 0.717) is 10.6 Å². The van der Waals surface area contributed by atoms with Crippen LogP contribution in [0, 0.1) is 6.92 Å². The molecule has 20 heavy (non-hydrogen) atoms. The number of rotatable bonds is 4. The number of carbonyl (C=O) groups excluding carboxylic acids is 2. The Bertz CT molecular complexity index is 650. The minimum atomic E-state index is -0.534. The van der Waals surface area contributed by atoms with Crippen LogP contribution in [0.5, 0.6) is 0 Å². The summed E-state index contributed by atoms with van der Waals surface area (Å²) in [4.78, 5) is 24.2. The molecule has 0 bridgehead atoms. The molecule has 0 aliphatic carbocycles. The fourth-order valence-corrected chi connectivity index (χ4v) is 2.95. The predicted molar refractivity (Wildman–Crippen MR) is 84.0 cm³/mol. The largest absolute Gasteiger partial charge is 0.366 e.